The third-order valence-corrected chi connectivity index (χ3v) is 4.97. The molecule has 4 heteroatoms. The summed E-state index contributed by atoms with van der Waals surface area (Å²) in [5, 5.41) is 2.18. The molecule has 2 aromatic rings. The monoisotopic (exact) mass is 275 g/mol. The maximum atomic E-state index is 12.8. The van der Waals surface area contributed by atoms with Crippen LogP contribution in [0, 0.1) is 0 Å². The van der Waals surface area contributed by atoms with Crippen LogP contribution in [0.5, 0.6) is 0 Å². The molecule has 0 saturated carbocycles. The summed E-state index contributed by atoms with van der Waals surface area (Å²) in [5.74, 6) is 0. The number of benzene rings is 2. The predicted molar refractivity (Wildman–Crippen MR) is 75.4 cm³/mol. The first-order chi connectivity index (χ1) is 8.69. The van der Waals surface area contributed by atoms with Gasteiger partial charge in [-0.05, 0) is 34.4 Å². The minimum atomic E-state index is -2.54. The molecule has 3 rings (SSSR count). The zero-order valence-electron chi connectivity index (χ0n) is 9.42. The number of rotatable bonds is 1. The number of halogens is 1. The molecule has 1 aliphatic rings. The van der Waals surface area contributed by atoms with E-state index in [4.69, 9.17) is 11.6 Å². The summed E-state index contributed by atoms with van der Waals surface area (Å²) < 4.78 is 17.2. The summed E-state index contributed by atoms with van der Waals surface area (Å²) in [4.78, 5) is 0.701. The van der Waals surface area contributed by atoms with E-state index >= 15 is 0 Å². The third-order valence-electron chi connectivity index (χ3n) is 2.76. The van der Waals surface area contributed by atoms with Crippen molar-refractivity contribution in [2.45, 2.75) is 4.90 Å². The standard InChI is InChI=1S/C14H10ClNOS/c15-13-8-4-5-11-9-10-18(17,16-14(11)13)12-6-2-1-3-7-12/h1-10H. The summed E-state index contributed by atoms with van der Waals surface area (Å²) in [7, 11) is -2.54. The second-order valence-corrected chi connectivity index (χ2v) is 6.42. The van der Waals surface area contributed by atoms with E-state index in [9.17, 15) is 4.55 Å². The highest BCUT2D eigenvalue weighted by molar-refractivity contribution is 8.03. The van der Waals surface area contributed by atoms with E-state index in [2.05, 4.69) is 4.36 Å². The average molecular weight is 276 g/mol. The zero-order valence-corrected chi connectivity index (χ0v) is 11.0. The van der Waals surface area contributed by atoms with Crippen LogP contribution in [0.2, 0.25) is 5.02 Å². The Morgan fingerprint density at radius 3 is 2.56 bits per heavy atom. The number of hydrogen-bond donors (Lipinski definition) is 0. The summed E-state index contributed by atoms with van der Waals surface area (Å²) >= 11 is 6.10. The number of fused-ring (bicyclic) bond motifs is 1. The molecule has 18 heavy (non-hydrogen) atoms. The smallest absolute Gasteiger partial charge is 0.141 e. The van der Waals surface area contributed by atoms with Crippen molar-refractivity contribution in [2.24, 2.45) is 4.36 Å². The number of nitrogens with zero attached hydrogens (tertiary/aromatic N) is 1. The van der Waals surface area contributed by atoms with Crippen molar-refractivity contribution in [1.29, 1.82) is 0 Å². The molecule has 1 unspecified atom stereocenters. The Bertz CT molecular complexity index is 679. The SMILES string of the molecule is [O-][S+]1(c2ccccc2)=Nc2c(Cl)cccc2C=C1. The fraction of sp³-hybridized carbons (Fsp3) is 0. The fourth-order valence-corrected chi connectivity index (χ4v) is 3.79. The van der Waals surface area contributed by atoms with Crippen LogP contribution in [0.25, 0.3) is 6.08 Å². The third kappa shape index (κ3) is 1.90. The van der Waals surface area contributed by atoms with Crippen LogP contribution in [0.15, 0.2) is 63.2 Å². The van der Waals surface area contributed by atoms with Gasteiger partial charge in [-0.25, -0.2) is 0 Å². The molecule has 0 bridgehead atoms. The molecule has 0 aromatic heterocycles. The highest BCUT2D eigenvalue weighted by atomic mass is 35.5. The van der Waals surface area contributed by atoms with Gasteiger partial charge in [-0.1, -0.05) is 46.3 Å². The molecule has 0 amide bonds. The molecule has 0 fully saturated rings. The van der Waals surface area contributed by atoms with Crippen LogP contribution >= 0.6 is 11.6 Å². The van der Waals surface area contributed by atoms with E-state index in [1.54, 1.807) is 11.5 Å². The molecule has 1 heterocycles. The Morgan fingerprint density at radius 2 is 1.78 bits per heavy atom. The van der Waals surface area contributed by atoms with Crippen LogP contribution in [-0.4, -0.2) is 4.55 Å². The van der Waals surface area contributed by atoms with Gasteiger partial charge in [0.05, 0.1) is 5.02 Å². The van der Waals surface area contributed by atoms with Crippen LogP contribution in [-0.2, 0) is 10.1 Å². The van der Waals surface area contributed by atoms with Crippen molar-refractivity contribution >= 4 is 33.5 Å². The van der Waals surface area contributed by atoms with Crippen LogP contribution in [0.4, 0.5) is 5.69 Å². The molecular weight excluding hydrogens is 266 g/mol. The molecule has 0 radical (unpaired) electrons. The van der Waals surface area contributed by atoms with Crippen molar-refractivity contribution in [3.05, 3.63) is 64.5 Å². The van der Waals surface area contributed by atoms with E-state index in [1.807, 2.05) is 48.5 Å². The molecule has 1 aliphatic heterocycles. The lowest BCUT2D eigenvalue weighted by Crippen LogP contribution is -2.08. The lowest BCUT2D eigenvalue weighted by molar-refractivity contribution is 0.593. The highest BCUT2D eigenvalue weighted by Gasteiger charge is 2.20. The Morgan fingerprint density at radius 1 is 1.00 bits per heavy atom. The van der Waals surface area contributed by atoms with E-state index in [-0.39, 0.29) is 0 Å². The number of hydrogen-bond acceptors (Lipinski definition) is 2. The Hall–Kier alpha value is -1.42. The first-order valence-electron chi connectivity index (χ1n) is 5.48. The molecular formula is C14H10ClNOS. The first-order valence-corrected chi connectivity index (χ1v) is 7.43. The van der Waals surface area contributed by atoms with Crippen molar-refractivity contribution in [2.75, 3.05) is 0 Å². The van der Waals surface area contributed by atoms with Gasteiger partial charge in [-0.2, -0.15) is 0 Å². The van der Waals surface area contributed by atoms with Gasteiger partial charge in [0.2, 0.25) is 0 Å². The normalized spacial score (nSPS) is 21.2. The highest BCUT2D eigenvalue weighted by Crippen LogP contribution is 2.38. The predicted octanol–water partition coefficient (Wildman–Crippen LogP) is 4.48. The second kappa shape index (κ2) is 4.35. The summed E-state index contributed by atoms with van der Waals surface area (Å²) in [5.41, 5.74) is 1.51. The van der Waals surface area contributed by atoms with Gasteiger partial charge >= 0.3 is 0 Å². The van der Waals surface area contributed by atoms with E-state index in [1.165, 1.54) is 0 Å². The molecule has 1 atom stereocenters. The maximum Gasteiger partial charge on any atom is 0.141 e. The lowest BCUT2D eigenvalue weighted by atomic mass is 10.2. The second-order valence-electron chi connectivity index (χ2n) is 3.95. The largest absolute Gasteiger partial charge is 0.622 e. The van der Waals surface area contributed by atoms with Crippen LogP contribution < -0.4 is 0 Å². The first kappa shape index (κ1) is 11.7. The molecule has 0 aliphatic carbocycles. The zero-order chi connectivity index (χ0) is 12.6. The molecule has 0 spiro atoms. The van der Waals surface area contributed by atoms with Gasteiger partial charge in [-0.15, -0.1) is 0 Å². The summed E-state index contributed by atoms with van der Waals surface area (Å²) in [6, 6.07) is 14.8. The van der Waals surface area contributed by atoms with Gasteiger partial charge in [0, 0.05) is 5.56 Å². The topological polar surface area (TPSA) is 35.4 Å². The van der Waals surface area contributed by atoms with Crippen molar-refractivity contribution in [3.63, 3.8) is 0 Å². The lowest BCUT2D eigenvalue weighted by Gasteiger charge is -2.21. The van der Waals surface area contributed by atoms with Crippen molar-refractivity contribution < 1.29 is 4.55 Å². The van der Waals surface area contributed by atoms with E-state index in [0.29, 0.717) is 15.6 Å². The summed E-state index contributed by atoms with van der Waals surface area (Å²) in [6.07, 6.45) is 1.82. The molecule has 90 valence electrons. The Balaban J connectivity index is 2.23. The molecule has 0 saturated heterocycles. The molecule has 2 nitrogen and oxygen atoms in total. The fourth-order valence-electron chi connectivity index (χ4n) is 1.84. The van der Waals surface area contributed by atoms with Gasteiger partial charge in [-0.3, -0.25) is 0 Å². The van der Waals surface area contributed by atoms with Gasteiger partial charge in [0.15, 0.2) is 0 Å². The van der Waals surface area contributed by atoms with Gasteiger partial charge in [0.25, 0.3) is 0 Å². The molecule has 0 N–H and O–H groups in total. The average Bonchev–Trinajstić information content (AvgIpc) is 2.41. The van der Waals surface area contributed by atoms with Crippen molar-refractivity contribution in [1.82, 2.24) is 0 Å². The minimum Gasteiger partial charge on any atom is -0.622 e. The van der Waals surface area contributed by atoms with E-state index in [0.717, 1.165) is 5.56 Å². The van der Waals surface area contributed by atoms with Gasteiger partial charge < -0.3 is 4.55 Å². The van der Waals surface area contributed by atoms with E-state index < -0.39 is 10.1 Å². The Labute approximate surface area is 112 Å². The quantitative estimate of drug-likeness (QED) is 0.707. The van der Waals surface area contributed by atoms with Crippen LogP contribution in [0.3, 0.4) is 0 Å². The van der Waals surface area contributed by atoms with Crippen molar-refractivity contribution in [3.8, 4) is 0 Å². The van der Waals surface area contributed by atoms with Crippen LogP contribution in [0.1, 0.15) is 5.56 Å². The molecule has 2 aromatic carbocycles. The summed E-state index contributed by atoms with van der Waals surface area (Å²) in [6.45, 7) is 0. The minimum absolute atomic E-state index is 0.528. The maximum absolute atomic E-state index is 12.8. The Kier molecular flexibility index (Phi) is 2.82. The van der Waals surface area contributed by atoms with Gasteiger partial charge in [0.1, 0.15) is 16.0 Å².